The average Bonchev–Trinajstić information content (AvgIpc) is 3.05. The number of amides is 1. The fourth-order valence-corrected chi connectivity index (χ4v) is 4.39. The lowest BCUT2D eigenvalue weighted by Crippen LogP contribution is -2.58. The Labute approximate surface area is 161 Å². The van der Waals surface area contributed by atoms with Crippen LogP contribution in [-0.2, 0) is 10.2 Å². The summed E-state index contributed by atoms with van der Waals surface area (Å²) in [5.74, 6) is 0.0712. The number of benzene rings is 2. The van der Waals surface area contributed by atoms with E-state index in [2.05, 4.69) is 90.5 Å². The van der Waals surface area contributed by atoms with Crippen molar-refractivity contribution in [2.24, 2.45) is 0 Å². The van der Waals surface area contributed by atoms with Crippen LogP contribution in [0.4, 0.5) is 11.4 Å². The van der Waals surface area contributed by atoms with Gasteiger partial charge in [-0.1, -0.05) is 49.8 Å². The lowest BCUT2D eigenvalue weighted by molar-refractivity contribution is -0.118. The first-order chi connectivity index (χ1) is 12.7. The summed E-state index contributed by atoms with van der Waals surface area (Å²) in [4.78, 5) is 16.7. The second-order valence-corrected chi connectivity index (χ2v) is 8.37. The second-order valence-electron chi connectivity index (χ2n) is 8.37. The van der Waals surface area contributed by atoms with E-state index in [0.29, 0.717) is 6.54 Å². The van der Waals surface area contributed by atoms with Gasteiger partial charge in [0.05, 0.1) is 6.54 Å². The molecule has 0 radical (unpaired) electrons. The molecule has 4 rings (SSSR count). The van der Waals surface area contributed by atoms with Crippen LogP contribution in [0.2, 0.25) is 0 Å². The molecule has 2 aliphatic rings. The molecule has 1 N–H and O–H groups in total. The maximum absolute atomic E-state index is 12.4. The predicted octanol–water partition coefficient (Wildman–Crippen LogP) is 3.70. The van der Waals surface area contributed by atoms with Crippen molar-refractivity contribution in [1.82, 2.24) is 5.32 Å². The summed E-state index contributed by atoms with van der Waals surface area (Å²) in [6, 6.07) is 15.0. The maximum Gasteiger partial charge on any atom is 0.241 e. The summed E-state index contributed by atoms with van der Waals surface area (Å²) in [6.45, 7) is 6.95. The minimum absolute atomic E-state index is 0.0712. The van der Waals surface area contributed by atoms with E-state index in [1.165, 1.54) is 16.8 Å². The van der Waals surface area contributed by atoms with Gasteiger partial charge in [0.2, 0.25) is 5.91 Å². The molecule has 0 saturated carbocycles. The molecule has 0 aromatic heterocycles. The quantitative estimate of drug-likeness (QED) is 0.905. The number of aryl methyl sites for hydroxylation is 1. The Bertz CT molecular complexity index is 927. The molecule has 2 aromatic rings. The number of hydrogen-bond acceptors (Lipinski definition) is 3. The van der Waals surface area contributed by atoms with Gasteiger partial charge >= 0.3 is 0 Å². The molecule has 2 aromatic carbocycles. The van der Waals surface area contributed by atoms with Crippen molar-refractivity contribution >= 4 is 23.4 Å². The first kappa shape index (κ1) is 17.7. The van der Waals surface area contributed by atoms with E-state index in [4.69, 9.17) is 0 Å². The largest absolute Gasteiger partial charge is 0.378 e. The smallest absolute Gasteiger partial charge is 0.241 e. The van der Waals surface area contributed by atoms with Gasteiger partial charge in [-0.2, -0.15) is 0 Å². The molecule has 1 saturated heterocycles. The van der Waals surface area contributed by atoms with E-state index in [1.54, 1.807) is 0 Å². The Morgan fingerprint density at radius 3 is 2.48 bits per heavy atom. The zero-order chi connectivity index (χ0) is 19.4. The number of nitrogens with one attached hydrogen (secondary N) is 1. The zero-order valence-electron chi connectivity index (χ0n) is 16.7. The SMILES string of the molecule is Cc1ccc2c(c1)C(C)(C)[C@@]1(C=Cc3ccc(N(C)C)cc3)NC(=O)CN21. The van der Waals surface area contributed by atoms with Gasteiger partial charge in [0.1, 0.15) is 5.66 Å². The molecule has 2 aliphatic heterocycles. The van der Waals surface area contributed by atoms with Crippen molar-refractivity contribution in [3.8, 4) is 0 Å². The lowest BCUT2D eigenvalue weighted by Gasteiger charge is -2.40. The maximum atomic E-state index is 12.4. The molecule has 2 heterocycles. The second kappa shape index (κ2) is 5.88. The molecule has 1 atom stereocenters. The molecule has 1 fully saturated rings. The number of nitrogens with zero attached hydrogens (tertiary/aromatic N) is 2. The van der Waals surface area contributed by atoms with Crippen molar-refractivity contribution in [3.05, 3.63) is 65.2 Å². The summed E-state index contributed by atoms with van der Waals surface area (Å²) in [6.07, 6.45) is 4.29. The Balaban J connectivity index is 1.76. The van der Waals surface area contributed by atoms with Gasteiger partial charge in [-0.3, -0.25) is 4.79 Å². The van der Waals surface area contributed by atoms with E-state index in [-0.39, 0.29) is 11.3 Å². The van der Waals surface area contributed by atoms with Gasteiger partial charge in [0.25, 0.3) is 0 Å². The first-order valence-electron chi connectivity index (χ1n) is 9.41. The summed E-state index contributed by atoms with van der Waals surface area (Å²) >= 11 is 0. The van der Waals surface area contributed by atoms with Crippen molar-refractivity contribution in [2.45, 2.75) is 31.8 Å². The van der Waals surface area contributed by atoms with Crippen LogP contribution in [0.5, 0.6) is 0 Å². The Morgan fingerprint density at radius 1 is 1.11 bits per heavy atom. The summed E-state index contributed by atoms with van der Waals surface area (Å²) in [7, 11) is 4.08. The standard InChI is InChI=1S/C23H27N3O/c1-16-6-11-20-19(14-16)22(2,3)23(24-21(27)15-26(20)23)13-12-17-7-9-18(10-8-17)25(4)5/h6-14H,15H2,1-5H3,(H,24,27)/t23-/m0/s1. The highest BCUT2D eigenvalue weighted by Crippen LogP contribution is 2.53. The van der Waals surface area contributed by atoms with E-state index >= 15 is 0 Å². The summed E-state index contributed by atoms with van der Waals surface area (Å²) in [5, 5.41) is 3.28. The highest BCUT2D eigenvalue weighted by Gasteiger charge is 2.59. The van der Waals surface area contributed by atoms with E-state index in [9.17, 15) is 4.79 Å². The van der Waals surface area contributed by atoms with Crippen molar-refractivity contribution < 1.29 is 4.79 Å². The van der Waals surface area contributed by atoms with Crippen LogP contribution in [0.1, 0.15) is 30.5 Å². The Hall–Kier alpha value is -2.75. The topological polar surface area (TPSA) is 35.6 Å². The lowest BCUT2D eigenvalue weighted by atomic mass is 9.75. The van der Waals surface area contributed by atoms with Crippen LogP contribution >= 0.6 is 0 Å². The number of hydrogen-bond donors (Lipinski definition) is 1. The highest BCUT2D eigenvalue weighted by atomic mass is 16.2. The van der Waals surface area contributed by atoms with Crippen LogP contribution in [0.3, 0.4) is 0 Å². The van der Waals surface area contributed by atoms with Crippen molar-refractivity contribution in [1.29, 1.82) is 0 Å². The monoisotopic (exact) mass is 361 g/mol. The van der Waals surface area contributed by atoms with Crippen LogP contribution in [0.15, 0.2) is 48.5 Å². The predicted molar refractivity (Wildman–Crippen MR) is 112 cm³/mol. The third-order valence-electron chi connectivity index (χ3n) is 6.05. The molecule has 0 aliphatic carbocycles. The number of rotatable bonds is 3. The number of carbonyl (C=O) groups is 1. The number of anilines is 2. The van der Waals surface area contributed by atoms with Gasteiger partial charge < -0.3 is 15.1 Å². The Morgan fingerprint density at radius 2 is 1.81 bits per heavy atom. The fourth-order valence-electron chi connectivity index (χ4n) is 4.39. The number of fused-ring (bicyclic) bond motifs is 3. The molecule has 0 unspecified atom stereocenters. The minimum atomic E-state index is -0.541. The molecule has 140 valence electrons. The van der Waals surface area contributed by atoms with Gasteiger partial charge in [0, 0.05) is 30.9 Å². The molecular formula is C23H27N3O. The highest BCUT2D eigenvalue weighted by molar-refractivity contribution is 5.91. The van der Waals surface area contributed by atoms with Crippen molar-refractivity contribution in [3.63, 3.8) is 0 Å². The molecule has 0 spiro atoms. The Kier molecular flexibility index (Phi) is 3.84. The van der Waals surface area contributed by atoms with Crippen LogP contribution in [0, 0.1) is 6.92 Å². The molecule has 4 nitrogen and oxygen atoms in total. The third-order valence-corrected chi connectivity index (χ3v) is 6.05. The van der Waals surface area contributed by atoms with Gasteiger partial charge in [-0.05, 0) is 42.3 Å². The van der Waals surface area contributed by atoms with E-state index in [1.807, 2.05) is 14.1 Å². The van der Waals surface area contributed by atoms with Crippen LogP contribution in [0.25, 0.3) is 6.08 Å². The van der Waals surface area contributed by atoms with Crippen molar-refractivity contribution in [2.75, 3.05) is 30.4 Å². The zero-order valence-corrected chi connectivity index (χ0v) is 16.7. The first-order valence-corrected chi connectivity index (χ1v) is 9.41. The van der Waals surface area contributed by atoms with Gasteiger partial charge in [0.15, 0.2) is 0 Å². The van der Waals surface area contributed by atoms with E-state index < -0.39 is 5.66 Å². The summed E-state index contributed by atoms with van der Waals surface area (Å²) in [5.41, 5.74) is 5.20. The molecule has 0 bridgehead atoms. The third kappa shape index (κ3) is 2.54. The van der Waals surface area contributed by atoms with Crippen LogP contribution in [-0.4, -0.2) is 32.2 Å². The molecule has 27 heavy (non-hydrogen) atoms. The van der Waals surface area contributed by atoms with Gasteiger partial charge in [-0.15, -0.1) is 0 Å². The molecule has 1 amide bonds. The fraction of sp³-hybridized carbons (Fsp3) is 0.348. The molecule has 4 heteroatoms. The minimum Gasteiger partial charge on any atom is -0.378 e. The normalized spacial score (nSPS) is 22.7. The number of carbonyl (C=O) groups excluding carboxylic acids is 1. The van der Waals surface area contributed by atoms with E-state index in [0.717, 1.165) is 11.3 Å². The average molecular weight is 361 g/mol. The molecular weight excluding hydrogens is 334 g/mol. The summed E-state index contributed by atoms with van der Waals surface area (Å²) < 4.78 is 0. The van der Waals surface area contributed by atoms with Gasteiger partial charge in [-0.25, -0.2) is 0 Å². The van der Waals surface area contributed by atoms with Crippen LogP contribution < -0.4 is 15.1 Å².